The quantitative estimate of drug-likeness (QED) is 0.680. The number of aryl methyl sites for hydroxylation is 1. The van der Waals surface area contributed by atoms with Gasteiger partial charge in [-0.05, 0) is 41.7 Å². The van der Waals surface area contributed by atoms with Gasteiger partial charge in [-0.25, -0.2) is 0 Å². The van der Waals surface area contributed by atoms with E-state index in [9.17, 15) is 14.9 Å². The maximum absolute atomic E-state index is 12.8. The van der Waals surface area contributed by atoms with Crippen molar-refractivity contribution in [2.75, 3.05) is 20.2 Å². The zero-order valence-corrected chi connectivity index (χ0v) is 19.3. The van der Waals surface area contributed by atoms with Crippen LogP contribution in [0.2, 0.25) is 0 Å². The van der Waals surface area contributed by atoms with Gasteiger partial charge in [0.1, 0.15) is 5.75 Å². The summed E-state index contributed by atoms with van der Waals surface area (Å²) in [4.78, 5) is 32.3. The van der Waals surface area contributed by atoms with E-state index in [4.69, 9.17) is 4.74 Å². The van der Waals surface area contributed by atoms with Crippen molar-refractivity contribution in [3.05, 3.63) is 70.4 Å². The molecule has 2 aliphatic rings. The van der Waals surface area contributed by atoms with Crippen LogP contribution in [-0.2, 0) is 22.4 Å². The summed E-state index contributed by atoms with van der Waals surface area (Å²) in [6.45, 7) is 1.08. The van der Waals surface area contributed by atoms with Gasteiger partial charge in [-0.1, -0.05) is 24.3 Å². The molecule has 4 rings (SSSR count). The summed E-state index contributed by atoms with van der Waals surface area (Å²) in [7, 11) is 1.62. The van der Waals surface area contributed by atoms with Crippen molar-refractivity contribution in [2.24, 2.45) is 5.92 Å². The van der Waals surface area contributed by atoms with E-state index in [0.717, 1.165) is 27.4 Å². The maximum Gasteiger partial charge on any atom is 0.227 e. The number of para-hydroxylation sites is 1. The van der Waals surface area contributed by atoms with Crippen molar-refractivity contribution in [3.63, 3.8) is 0 Å². The van der Waals surface area contributed by atoms with Crippen LogP contribution in [0, 0.1) is 17.2 Å². The van der Waals surface area contributed by atoms with Crippen molar-refractivity contribution in [1.29, 1.82) is 5.26 Å². The highest BCUT2D eigenvalue weighted by Crippen LogP contribution is 2.44. The van der Waals surface area contributed by atoms with E-state index >= 15 is 0 Å². The third kappa shape index (κ3) is 5.37. The Morgan fingerprint density at radius 1 is 1.30 bits per heavy atom. The van der Waals surface area contributed by atoms with Crippen molar-refractivity contribution < 1.29 is 14.3 Å². The Morgan fingerprint density at radius 3 is 2.91 bits per heavy atom. The minimum absolute atomic E-state index is 0.0490. The van der Waals surface area contributed by atoms with Gasteiger partial charge >= 0.3 is 0 Å². The fourth-order valence-electron chi connectivity index (χ4n) is 4.24. The summed E-state index contributed by atoms with van der Waals surface area (Å²) in [6.07, 6.45) is 5.25. The smallest absolute Gasteiger partial charge is 0.227 e. The molecule has 2 unspecified atom stereocenters. The largest absolute Gasteiger partial charge is 0.496 e. The third-order valence-corrected chi connectivity index (χ3v) is 7.30. The Balaban J connectivity index is 1.33. The van der Waals surface area contributed by atoms with Crippen LogP contribution in [0.1, 0.15) is 24.0 Å². The first-order chi connectivity index (χ1) is 16.1. The molecule has 170 valence electrons. The van der Waals surface area contributed by atoms with E-state index < -0.39 is 0 Å². The molecule has 0 aliphatic carbocycles. The van der Waals surface area contributed by atoms with Crippen LogP contribution in [0.4, 0.5) is 0 Å². The first kappa shape index (κ1) is 22.9. The number of hydrogen-bond donors (Lipinski definition) is 1. The minimum Gasteiger partial charge on any atom is -0.496 e. The van der Waals surface area contributed by atoms with Gasteiger partial charge < -0.3 is 15.0 Å². The molecule has 1 aromatic carbocycles. The molecule has 0 radical (unpaired) electrons. The zero-order chi connectivity index (χ0) is 23.2. The lowest BCUT2D eigenvalue weighted by Gasteiger charge is -2.28. The summed E-state index contributed by atoms with van der Waals surface area (Å²) in [5.74, 6) is 0.357. The standard InChI is InChI=1S/C25H26N4O3S/c1-32-21-7-3-2-6-18(21)8-9-23(30)28-25-20(14-26)19-10-12-29(16-22(19)33-25)24(31)13-17-5-4-11-27-15-17/h2-7,11,15,20,25H,8-10,12-13,16H2,1H3,(H,28,30). The van der Waals surface area contributed by atoms with Gasteiger partial charge in [0.2, 0.25) is 11.8 Å². The molecule has 2 aliphatic heterocycles. The summed E-state index contributed by atoms with van der Waals surface area (Å²) < 4.78 is 5.36. The number of hydrogen-bond acceptors (Lipinski definition) is 6. The second kappa shape index (κ2) is 10.5. The van der Waals surface area contributed by atoms with Gasteiger partial charge in [-0.2, -0.15) is 5.26 Å². The van der Waals surface area contributed by atoms with Gasteiger partial charge in [0.15, 0.2) is 0 Å². The molecular weight excluding hydrogens is 436 g/mol. The number of ether oxygens (including phenoxy) is 1. The molecule has 2 aromatic rings. The lowest BCUT2D eigenvalue weighted by Crippen LogP contribution is -2.38. The molecule has 0 fully saturated rings. The molecule has 2 atom stereocenters. The number of carbonyl (C=O) groups is 2. The first-order valence-electron chi connectivity index (χ1n) is 10.9. The van der Waals surface area contributed by atoms with E-state index in [1.165, 1.54) is 11.8 Å². The summed E-state index contributed by atoms with van der Waals surface area (Å²) >= 11 is 1.51. The third-order valence-electron chi connectivity index (χ3n) is 5.98. The molecule has 7 nitrogen and oxygen atoms in total. The van der Waals surface area contributed by atoms with Crippen LogP contribution < -0.4 is 10.1 Å². The maximum atomic E-state index is 12.8. The average Bonchev–Trinajstić information content (AvgIpc) is 3.19. The summed E-state index contributed by atoms with van der Waals surface area (Å²) in [5.41, 5.74) is 2.92. The fraction of sp³-hybridized carbons (Fsp3) is 0.360. The van der Waals surface area contributed by atoms with Crippen LogP contribution in [0.15, 0.2) is 59.3 Å². The van der Waals surface area contributed by atoms with Crippen LogP contribution in [0.25, 0.3) is 0 Å². The van der Waals surface area contributed by atoms with Gasteiger partial charge in [-0.3, -0.25) is 14.6 Å². The highest BCUT2D eigenvalue weighted by Gasteiger charge is 2.39. The van der Waals surface area contributed by atoms with Crippen molar-refractivity contribution in [3.8, 4) is 11.8 Å². The Bertz CT molecular complexity index is 1100. The molecule has 0 saturated carbocycles. The second-order valence-corrected chi connectivity index (χ2v) is 9.31. The number of thioether (sulfide) groups is 1. The van der Waals surface area contributed by atoms with Crippen molar-refractivity contribution in [1.82, 2.24) is 15.2 Å². The number of rotatable bonds is 7. The Kier molecular flexibility index (Phi) is 7.30. The topological polar surface area (TPSA) is 95.3 Å². The number of amides is 2. The molecule has 0 bridgehead atoms. The lowest BCUT2D eigenvalue weighted by atomic mass is 9.94. The molecule has 1 aromatic heterocycles. The number of nitriles is 1. The zero-order valence-electron chi connectivity index (χ0n) is 18.5. The Hall–Kier alpha value is -3.31. The molecule has 0 spiro atoms. The first-order valence-corrected chi connectivity index (χ1v) is 11.8. The van der Waals surface area contributed by atoms with E-state index in [1.807, 2.05) is 41.3 Å². The van der Waals surface area contributed by atoms with E-state index in [-0.39, 0.29) is 23.1 Å². The van der Waals surface area contributed by atoms with Crippen molar-refractivity contribution >= 4 is 23.6 Å². The van der Waals surface area contributed by atoms with Gasteiger partial charge in [-0.15, -0.1) is 11.8 Å². The van der Waals surface area contributed by atoms with Crippen LogP contribution in [-0.4, -0.2) is 47.3 Å². The Labute approximate surface area is 197 Å². The molecule has 3 heterocycles. The summed E-state index contributed by atoms with van der Waals surface area (Å²) in [6, 6.07) is 13.7. The van der Waals surface area contributed by atoms with Gasteiger partial charge in [0.25, 0.3) is 0 Å². The van der Waals surface area contributed by atoms with Gasteiger partial charge in [0.05, 0.1) is 37.4 Å². The van der Waals surface area contributed by atoms with Crippen LogP contribution in [0.5, 0.6) is 5.75 Å². The lowest BCUT2D eigenvalue weighted by molar-refractivity contribution is -0.130. The molecule has 0 saturated heterocycles. The predicted octanol–water partition coefficient (Wildman–Crippen LogP) is 3.08. The van der Waals surface area contributed by atoms with Gasteiger partial charge in [0, 0.05) is 30.3 Å². The molecule has 1 N–H and O–H groups in total. The molecule has 8 heteroatoms. The summed E-state index contributed by atoms with van der Waals surface area (Å²) in [5, 5.41) is 12.5. The monoisotopic (exact) mass is 462 g/mol. The number of aromatic nitrogens is 1. The fourth-order valence-corrected chi connectivity index (χ4v) is 5.71. The average molecular weight is 463 g/mol. The number of nitrogens with zero attached hydrogens (tertiary/aromatic N) is 3. The molecular formula is C25H26N4O3S. The SMILES string of the molecule is COc1ccccc1CCC(=O)NC1SC2=C(CCN(C(=O)Cc3cccnc3)C2)C1C#N. The highest BCUT2D eigenvalue weighted by molar-refractivity contribution is 8.04. The van der Waals surface area contributed by atoms with Crippen LogP contribution >= 0.6 is 11.8 Å². The number of pyridine rings is 1. The molecule has 33 heavy (non-hydrogen) atoms. The number of nitrogens with one attached hydrogen (secondary N) is 1. The predicted molar refractivity (Wildman–Crippen MR) is 126 cm³/mol. The second-order valence-electron chi connectivity index (χ2n) is 8.08. The number of methoxy groups -OCH3 is 1. The minimum atomic E-state index is -0.365. The number of benzene rings is 1. The number of carbonyl (C=O) groups excluding carboxylic acids is 2. The Morgan fingerprint density at radius 2 is 2.15 bits per heavy atom. The highest BCUT2D eigenvalue weighted by atomic mass is 32.2. The van der Waals surface area contributed by atoms with E-state index in [0.29, 0.717) is 38.8 Å². The normalized spacial score (nSPS) is 19.6. The van der Waals surface area contributed by atoms with E-state index in [1.54, 1.807) is 19.5 Å². The molecule has 2 amide bonds. The van der Waals surface area contributed by atoms with Crippen molar-refractivity contribution in [2.45, 2.75) is 31.1 Å². The van der Waals surface area contributed by atoms with E-state index in [2.05, 4.69) is 16.4 Å². The van der Waals surface area contributed by atoms with Crippen LogP contribution in [0.3, 0.4) is 0 Å².